The number of rotatable bonds is 3. The van der Waals surface area contributed by atoms with Gasteiger partial charge in [-0.3, -0.25) is 0 Å². The lowest BCUT2D eigenvalue weighted by Crippen LogP contribution is -2.36. The minimum absolute atomic E-state index is 0.0466. The first-order valence-corrected chi connectivity index (χ1v) is 8.03. The standard InChI is InChI=1S/C13H18N2O4S/c1-13(5-6-20(17,18)8-13)15-11-4-3-9(14)7-10(11)12(16)19-2/h3-4,7,15H,5-6,8,14H2,1-2H3. The van der Waals surface area contributed by atoms with Gasteiger partial charge in [0.15, 0.2) is 9.84 Å². The maximum Gasteiger partial charge on any atom is 0.340 e. The van der Waals surface area contributed by atoms with Gasteiger partial charge in [0, 0.05) is 16.9 Å². The van der Waals surface area contributed by atoms with Crippen molar-refractivity contribution < 1.29 is 17.9 Å². The summed E-state index contributed by atoms with van der Waals surface area (Å²) in [5, 5.41) is 3.15. The molecule has 0 spiro atoms. The largest absolute Gasteiger partial charge is 0.465 e. The molecule has 1 aromatic carbocycles. The summed E-state index contributed by atoms with van der Waals surface area (Å²) in [6.45, 7) is 1.83. The Bertz CT molecular complexity index is 642. The number of benzene rings is 1. The maximum absolute atomic E-state index is 11.8. The molecule has 0 radical (unpaired) electrons. The van der Waals surface area contributed by atoms with E-state index in [0.717, 1.165) is 0 Å². The van der Waals surface area contributed by atoms with Crippen molar-refractivity contribution in [3.8, 4) is 0 Å². The number of nitrogens with one attached hydrogen (secondary N) is 1. The van der Waals surface area contributed by atoms with Crippen molar-refractivity contribution in [1.29, 1.82) is 0 Å². The number of hydrogen-bond acceptors (Lipinski definition) is 6. The molecular weight excluding hydrogens is 280 g/mol. The average Bonchev–Trinajstić information content (AvgIpc) is 2.65. The lowest BCUT2D eigenvalue weighted by atomic mass is 10.0. The number of ether oxygens (including phenoxy) is 1. The first-order valence-electron chi connectivity index (χ1n) is 6.21. The molecule has 0 amide bonds. The first kappa shape index (κ1) is 14.6. The van der Waals surface area contributed by atoms with Gasteiger partial charge in [-0.1, -0.05) is 0 Å². The third-order valence-electron chi connectivity index (χ3n) is 3.39. The molecule has 0 saturated carbocycles. The van der Waals surface area contributed by atoms with Crippen molar-refractivity contribution in [3.05, 3.63) is 23.8 Å². The second-order valence-corrected chi connectivity index (χ2v) is 7.51. The van der Waals surface area contributed by atoms with E-state index in [1.54, 1.807) is 12.1 Å². The van der Waals surface area contributed by atoms with Gasteiger partial charge >= 0.3 is 5.97 Å². The topological polar surface area (TPSA) is 98.5 Å². The fraction of sp³-hybridized carbons (Fsp3) is 0.462. The molecule has 2 rings (SSSR count). The molecule has 3 N–H and O–H groups in total. The van der Waals surface area contributed by atoms with Crippen LogP contribution in [0.2, 0.25) is 0 Å². The number of carbonyl (C=O) groups is 1. The summed E-state index contributed by atoms with van der Waals surface area (Å²) in [7, 11) is -1.74. The molecule has 7 heteroatoms. The Balaban J connectivity index is 2.32. The first-order chi connectivity index (χ1) is 9.25. The molecule has 1 atom stereocenters. The highest BCUT2D eigenvalue weighted by Gasteiger charge is 2.38. The van der Waals surface area contributed by atoms with Gasteiger partial charge in [-0.15, -0.1) is 0 Å². The van der Waals surface area contributed by atoms with Crippen LogP contribution < -0.4 is 11.1 Å². The van der Waals surface area contributed by atoms with Crippen LogP contribution in [-0.2, 0) is 14.6 Å². The quantitative estimate of drug-likeness (QED) is 0.639. The van der Waals surface area contributed by atoms with Gasteiger partial charge in [0.05, 0.1) is 24.2 Å². The molecule has 6 nitrogen and oxygen atoms in total. The van der Waals surface area contributed by atoms with Gasteiger partial charge in [-0.25, -0.2) is 13.2 Å². The number of carbonyl (C=O) groups excluding carboxylic acids is 1. The Hall–Kier alpha value is -1.76. The number of hydrogen-bond donors (Lipinski definition) is 2. The monoisotopic (exact) mass is 298 g/mol. The predicted molar refractivity (Wildman–Crippen MR) is 77.5 cm³/mol. The van der Waals surface area contributed by atoms with Gasteiger partial charge in [-0.2, -0.15) is 0 Å². The molecule has 20 heavy (non-hydrogen) atoms. The van der Waals surface area contributed by atoms with Crippen molar-refractivity contribution in [1.82, 2.24) is 0 Å². The van der Waals surface area contributed by atoms with Crippen LogP contribution >= 0.6 is 0 Å². The Morgan fingerprint density at radius 3 is 2.70 bits per heavy atom. The van der Waals surface area contributed by atoms with E-state index in [4.69, 9.17) is 10.5 Å². The van der Waals surface area contributed by atoms with E-state index in [1.807, 2.05) is 6.92 Å². The molecule has 1 saturated heterocycles. The number of anilines is 2. The molecule has 1 aliphatic heterocycles. The summed E-state index contributed by atoms with van der Waals surface area (Å²) in [5.41, 5.74) is 6.37. The zero-order chi connectivity index (χ0) is 15.0. The van der Waals surface area contributed by atoms with Gasteiger partial charge in [-0.05, 0) is 31.5 Å². The van der Waals surface area contributed by atoms with Crippen LogP contribution in [0.3, 0.4) is 0 Å². The van der Waals surface area contributed by atoms with Gasteiger partial charge < -0.3 is 15.8 Å². The average molecular weight is 298 g/mol. The molecular formula is C13H18N2O4S. The van der Waals surface area contributed by atoms with Crippen molar-refractivity contribution in [2.24, 2.45) is 0 Å². The molecule has 110 valence electrons. The van der Waals surface area contributed by atoms with Crippen LogP contribution in [0, 0.1) is 0 Å². The van der Waals surface area contributed by atoms with Crippen LogP contribution in [-0.4, -0.2) is 38.5 Å². The van der Waals surface area contributed by atoms with Crippen LogP contribution in [0.5, 0.6) is 0 Å². The second kappa shape index (κ2) is 4.97. The smallest absolute Gasteiger partial charge is 0.340 e. The SMILES string of the molecule is COC(=O)c1cc(N)ccc1NC1(C)CCS(=O)(=O)C1. The van der Waals surface area contributed by atoms with Gasteiger partial charge in [0.2, 0.25) is 0 Å². The van der Waals surface area contributed by atoms with Crippen LogP contribution in [0.4, 0.5) is 11.4 Å². The van der Waals surface area contributed by atoms with Gasteiger partial charge in [0.1, 0.15) is 0 Å². The zero-order valence-electron chi connectivity index (χ0n) is 11.5. The number of sulfone groups is 1. The summed E-state index contributed by atoms with van der Waals surface area (Å²) >= 11 is 0. The van der Waals surface area contributed by atoms with Crippen LogP contribution in [0.15, 0.2) is 18.2 Å². The van der Waals surface area contributed by atoms with E-state index in [9.17, 15) is 13.2 Å². The van der Waals surface area contributed by atoms with Crippen molar-refractivity contribution in [3.63, 3.8) is 0 Å². The molecule has 1 aliphatic rings. The van der Waals surface area contributed by atoms with E-state index in [0.29, 0.717) is 23.4 Å². The summed E-state index contributed by atoms with van der Waals surface area (Å²) in [6.07, 6.45) is 0.500. The Morgan fingerprint density at radius 2 is 2.15 bits per heavy atom. The minimum atomic E-state index is -3.02. The molecule has 1 unspecified atom stereocenters. The fourth-order valence-corrected chi connectivity index (χ4v) is 4.48. The summed E-state index contributed by atoms with van der Waals surface area (Å²) in [5.74, 6) is -0.312. The van der Waals surface area contributed by atoms with Crippen LogP contribution in [0.1, 0.15) is 23.7 Å². The fourth-order valence-electron chi connectivity index (χ4n) is 2.38. The van der Waals surface area contributed by atoms with Gasteiger partial charge in [0.25, 0.3) is 0 Å². The number of nitrogen functional groups attached to an aromatic ring is 1. The molecule has 0 aromatic heterocycles. The highest BCUT2D eigenvalue weighted by atomic mass is 32.2. The lowest BCUT2D eigenvalue weighted by Gasteiger charge is -2.26. The molecule has 0 bridgehead atoms. The third-order valence-corrected chi connectivity index (χ3v) is 5.29. The van der Waals surface area contributed by atoms with Crippen molar-refractivity contribution in [2.75, 3.05) is 29.7 Å². The highest BCUT2D eigenvalue weighted by molar-refractivity contribution is 7.91. The van der Waals surface area contributed by atoms with E-state index >= 15 is 0 Å². The van der Waals surface area contributed by atoms with E-state index in [-0.39, 0.29) is 11.5 Å². The normalized spacial score (nSPS) is 24.3. The van der Waals surface area contributed by atoms with E-state index in [2.05, 4.69) is 5.32 Å². The number of esters is 1. The van der Waals surface area contributed by atoms with Crippen molar-refractivity contribution >= 4 is 27.2 Å². The van der Waals surface area contributed by atoms with Crippen molar-refractivity contribution in [2.45, 2.75) is 18.9 Å². The highest BCUT2D eigenvalue weighted by Crippen LogP contribution is 2.30. The second-order valence-electron chi connectivity index (χ2n) is 5.32. The molecule has 1 fully saturated rings. The minimum Gasteiger partial charge on any atom is -0.465 e. The van der Waals surface area contributed by atoms with E-state index in [1.165, 1.54) is 13.2 Å². The predicted octanol–water partition coefficient (Wildman–Crippen LogP) is 1.04. The summed E-state index contributed by atoms with van der Waals surface area (Å²) < 4.78 is 27.9. The number of nitrogens with two attached hydrogens (primary N) is 1. The Labute approximate surface area is 118 Å². The molecule has 0 aliphatic carbocycles. The van der Waals surface area contributed by atoms with Crippen LogP contribution in [0.25, 0.3) is 0 Å². The molecule has 1 heterocycles. The Kier molecular flexibility index (Phi) is 3.64. The number of methoxy groups -OCH3 is 1. The summed E-state index contributed by atoms with van der Waals surface area (Å²) in [6, 6.07) is 4.83. The third kappa shape index (κ3) is 3.04. The maximum atomic E-state index is 11.8. The Morgan fingerprint density at radius 1 is 1.45 bits per heavy atom. The molecule has 1 aromatic rings. The summed E-state index contributed by atoms with van der Waals surface area (Å²) in [4.78, 5) is 11.8. The zero-order valence-corrected chi connectivity index (χ0v) is 12.3. The lowest BCUT2D eigenvalue weighted by molar-refractivity contribution is 0.0602. The van der Waals surface area contributed by atoms with E-state index < -0.39 is 21.3 Å².